The van der Waals surface area contributed by atoms with Gasteiger partial charge in [-0.15, -0.1) is 0 Å². The molecule has 0 radical (unpaired) electrons. The third kappa shape index (κ3) is 6.83. The summed E-state index contributed by atoms with van der Waals surface area (Å²) in [5, 5.41) is 0.651. The molecule has 0 aliphatic heterocycles. The van der Waals surface area contributed by atoms with Crippen LogP contribution in [0, 0.1) is 17.8 Å². The number of rotatable bonds is 8. The van der Waals surface area contributed by atoms with Gasteiger partial charge in [0.25, 0.3) is 0 Å². The number of ether oxygens (including phenoxy) is 3. The van der Waals surface area contributed by atoms with Crippen LogP contribution in [0.25, 0.3) is 0 Å². The highest BCUT2D eigenvalue weighted by molar-refractivity contribution is 6.30. The predicted octanol–water partition coefficient (Wildman–Crippen LogP) is 5.10. The summed E-state index contributed by atoms with van der Waals surface area (Å²) in [6.07, 6.45) is 0. The van der Waals surface area contributed by atoms with Gasteiger partial charge in [-0.2, -0.15) is 0 Å². The lowest BCUT2D eigenvalue weighted by Crippen LogP contribution is -2.21. The summed E-state index contributed by atoms with van der Waals surface area (Å²) >= 11 is 5.82. The highest BCUT2D eigenvalue weighted by Gasteiger charge is 2.25. The average Bonchev–Trinajstić information content (AvgIpc) is 2.67. The van der Waals surface area contributed by atoms with Crippen molar-refractivity contribution < 1.29 is 19.0 Å². The fraction of sp³-hybridized carbons (Fsp3) is 0.348. The van der Waals surface area contributed by atoms with Crippen molar-refractivity contribution in [1.82, 2.24) is 0 Å². The van der Waals surface area contributed by atoms with Gasteiger partial charge < -0.3 is 14.2 Å². The Morgan fingerprint density at radius 2 is 1.50 bits per heavy atom. The second-order valence-electron chi connectivity index (χ2n) is 6.43. The van der Waals surface area contributed by atoms with Crippen LogP contribution in [0.5, 0.6) is 11.5 Å². The molecule has 0 amide bonds. The summed E-state index contributed by atoms with van der Waals surface area (Å²) in [5.41, 5.74) is 0.905. The van der Waals surface area contributed by atoms with E-state index in [1.165, 1.54) is 0 Å². The smallest absolute Gasteiger partial charge is 0.314 e. The van der Waals surface area contributed by atoms with E-state index in [1.807, 2.05) is 45.0 Å². The van der Waals surface area contributed by atoms with Crippen LogP contribution in [0.4, 0.5) is 0 Å². The van der Waals surface area contributed by atoms with Gasteiger partial charge in [-0.25, -0.2) is 0 Å². The molecular formula is C23H25ClO4. The highest BCUT2D eigenvalue weighted by Crippen LogP contribution is 2.27. The minimum absolute atomic E-state index is 0.0308. The van der Waals surface area contributed by atoms with Crippen LogP contribution in [-0.2, 0) is 9.53 Å². The number of carbonyl (C=O) groups is 1. The number of carbonyl (C=O) groups excluding carboxylic acids is 1. The number of hydrogen-bond acceptors (Lipinski definition) is 4. The molecule has 2 aromatic carbocycles. The van der Waals surface area contributed by atoms with Crippen molar-refractivity contribution in [3.63, 3.8) is 0 Å². The third-order valence-electron chi connectivity index (χ3n) is 4.01. The molecule has 2 aromatic rings. The fourth-order valence-electron chi connectivity index (χ4n) is 2.68. The van der Waals surface area contributed by atoms with Crippen LogP contribution in [-0.4, -0.2) is 25.8 Å². The van der Waals surface area contributed by atoms with Gasteiger partial charge >= 0.3 is 5.97 Å². The van der Waals surface area contributed by atoms with E-state index in [9.17, 15) is 4.79 Å². The Labute approximate surface area is 171 Å². The van der Waals surface area contributed by atoms with Crippen molar-refractivity contribution in [3.8, 4) is 23.3 Å². The first-order valence-corrected chi connectivity index (χ1v) is 9.62. The topological polar surface area (TPSA) is 44.8 Å². The number of benzene rings is 2. The monoisotopic (exact) mass is 400 g/mol. The lowest BCUT2D eigenvalue weighted by atomic mass is 9.88. The maximum absolute atomic E-state index is 12.5. The zero-order valence-corrected chi connectivity index (χ0v) is 17.2. The molecule has 5 heteroatoms. The summed E-state index contributed by atoms with van der Waals surface area (Å²) in [5.74, 6) is 6.58. The molecule has 4 nitrogen and oxygen atoms in total. The van der Waals surface area contributed by atoms with E-state index in [0.717, 1.165) is 11.3 Å². The second-order valence-corrected chi connectivity index (χ2v) is 6.86. The first kappa shape index (κ1) is 21.7. The summed E-state index contributed by atoms with van der Waals surface area (Å²) in [4.78, 5) is 12.5. The lowest BCUT2D eigenvalue weighted by Gasteiger charge is -2.19. The maximum atomic E-state index is 12.5. The largest absolute Gasteiger partial charge is 0.494 e. The van der Waals surface area contributed by atoms with Gasteiger partial charge in [0.2, 0.25) is 0 Å². The molecule has 0 heterocycles. The number of halogens is 1. The first-order chi connectivity index (χ1) is 13.5. The minimum atomic E-state index is -0.345. The molecule has 1 unspecified atom stereocenters. The Hall–Kier alpha value is -2.64. The molecule has 0 aromatic heterocycles. The van der Waals surface area contributed by atoms with Crippen molar-refractivity contribution in [2.75, 3.05) is 19.8 Å². The van der Waals surface area contributed by atoms with Crippen molar-refractivity contribution in [3.05, 3.63) is 59.1 Å². The van der Waals surface area contributed by atoms with E-state index in [0.29, 0.717) is 17.4 Å². The Kier molecular flexibility index (Phi) is 8.71. The summed E-state index contributed by atoms with van der Waals surface area (Å²) in [6, 6.07) is 14.6. The van der Waals surface area contributed by atoms with Gasteiger partial charge in [-0.3, -0.25) is 4.79 Å². The van der Waals surface area contributed by atoms with Crippen LogP contribution < -0.4 is 9.47 Å². The van der Waals surface area contributed by atoms with Gasteiger partial charge in [-0.1, -0.05) is 49.4 Å². The molecule has 0 fully saturated rings. The maximum Gasteiger partial charge on any atom is 0.314 e. The number of hydrogen-bond donors (Lipinski definition) is 0. The molecule has 0 bridgehead atoms. The summed E-state index contributed by atoms with van der Waals surface area (Å²) < 4.78 is 16.3. The Bertz CT molecular complexity index is 801. The molecule has 0 saturated heterocycles. The minimum Gasteiger partial charge on any atom is -0.494 e. The normalized spacial score (nSPS) is 11.3. The molecule has 0 saturated carbocycles. The molecule has 2 rings (SSSR count). The van der Waals surface area contributed by atoms with Gasteiger partial charge in [0.1, 0.15) is 18.1 Å². The highest BCUT2D eigenvalue weighted by atomic mass is 35.5. The molecule has 0 aliphatic rings. The van der Waals surface area contributed by atoms with Gasteiger partial charge in [-0.05, 0) is 54.8 Å². The van der Waals surface area contributed by atoms with Crippen LogP contribution >= 0.6 is 11.6 Å². The third-order valence-corrected chi connectivity index (χ3v) is 4.26. The number of esters is 1. The van der Waals surface area contributed by atoms with Crippen LogP contribution in [0.1, 0.15) is 32.3 Å². The van der Waals surface area contributed by atoms with E-state index < -0.39 is 0 Å². The average molecular weight is 401 g/mol. The zero-order chi connectivity index (χ0) is 20.4. The van der Waals surface area contributed by atoms with Crippen molar-refractivity contribution in [2.45, 2.75) is 26.7 Å². The predicted molar refractivity (Wildman–Crippen MR) is 111 cm³/mol. The van der Waals surface area contributed by atoms with E-state index in [2.05, 4.69) is 11.8 Å². The molecular weight excluding hydrogens is 376 g/mol. The molecule has 1 atom stereocenters. The first-order valence-electron chi connectivity index (χ1n) is 9.24. The zero-order valence-electron chi connectivity index (χ0n) is 16.4. The van der Waals surface area contributed by atoms with Crippen molar-refractivity contribution in [1.29, 1.82) is 0 Å². The van der Waals surface area contributed by atoms with Crippen molar-refractivity contribution >= 4 is 17.6 Å². The lowest BCUT2D eigenvalue weighted by molar-refractivity contribution is -0.145. The van der Waals surface area contributed by atoms with Gasteiger partial charge in [0.05, 0.1) is 12.5 Å². The quantitative estimate of drug-likeness (QED) is 0.456. The molecule has 28 heavy (non-hydrogen) atoms. The van der Waals surface area contributed by atoms with Crippen molar-refractivity contribution in [2.24, 2.45) is 5.92 Å². The molecule has 0 aliphatic carbocycles. The van der Waals surface area contributed by atoms with Crippen LogP contribution in [0.15, 0.2) is 48.5 Å². The van der Waals surface area contributed by atoms with Gasteiger partial charge in [0.15, 0.2) is 6.61 Å². The summed E-state index contributed by atoms with van der Waals surface area (Å²) in [6.45, 7) is 6.77. The second kappa shape index (κ2) is 11.3. The van der Waals surface area contributed by atoms with Crippen LogP contribution in [0.2, 0.25) is 5.02 Å². The standard InChI is InChI=1S/C23H25ClO4/c1-4-26-20-11-7-18(8-12-20)22(17(2)3)23(25)28-16-6-5-15-27-21-13-9-19(24)10-14-21/h7-14,17,22H,4,15-16H2,1-3H3. The molecule has 0 N–H and O–H groups in total. The van der Waals surface area contributed by atoms with E-state index >= 15 is 0 Å². The fourth-order valence-corrected chi connectivity index (χ4v) is 2.81. The Balaban J connectivity index is 1.84. The Morgan fingerprint density at radius 1 is 0.929 bits per heavy atom. The van der Waals surface area contributed by atoms with Gasteiger partial charge in [0, 0.05) is 5.02 Å². The Morgan fingerprint density at radius 3 is 2.11 bits per heavy atom. The van der Waals surface area contributed by atoms with E-state index in [-0.39, 0.29) is 31.0 Å². The molecule has 148 valence electrons. The summed E-state index contributed by atoms with van der Waals surface area (Å²) in [7, 11) is 0. The van der Waals surface area contributed by atoms with Crippen LogP contribution in [0.3, 0.4) is 0 Å². The molecule has 0 spiro atoms. The van der Waals surface area contributed by atoms with E-state index in [4.69, 9.17) is 25.8 Å². The van der Waals surface area contributed by atoms with E-state index in [1.54, 1.807) is 24.3 Å². The SMILES string of the molecule is CCOc1ccc(C(C(=O)OCC#CCOc2ccc(Cl)cc2)C(C)C)cc1.